The summed E-state index contributed by atoms with van der Waals surface area (Å²) >= 11 is 7.37. The van der Waals surface area contributed by atoms with Gasteiger partial charge in [0.25, 0.3) is 5.91 Å². The van der Waals surface area contributed by atoms with E-state index >= 15 is 0 Å². The van der Waals surface area contributed by atoms with E-state index in [1.54, 1.807) is 25.3 Å². The van der Waals surface area contributed by atoms with Crippen LogP contribution in [0.4, 0.5) is 5.69 Å². The molecule has 0 aliphatic rings. The van der Waals surface area contributed by atoms with Crippen molar-refractivity contribution in [3.05, 3.63) is 69.8 Å². The molecule has 0 saturated carbocycles. The van der Waals surface area contributed by atoms with Crippen LogP contribution >= 0.6 is 34.8 Å². The maximum absolute atomic E-state index is 12.3. The van der Waals surface area contributed by atoms with Gasteiger partial charge in [0.05, 0.1) is 10.7 Å². The van der Waals surface area contributed by atoms with Crippen LogP contribution in [0, 0.1) is 3.57 Å². The van der Waals surface area contributed by atoms with Crippen molar-refractivity contribution in [1.29, 1.82) is 0 Å². The molecule has 126 valence electrons. The molecule has 2 N–H and O–H groups in total. The fourth-order valence-electron chi connectivity index (χ4n) is 2.41. The molecular formula is C19H15IN2O2S. The average Bonchev–Trinajstić information content (AvgIpc) is 2.61. The van der Waals surface area contributed by atoms with Gasteiger partial charge in [0, 0.05) is 11.3 Å². The Morgan fingerprint density at radius 3 is 2.52 bits per heavy atom. The van der Waals surface area contributed by atoms with Crippen LogP contribution in [-0.4, -0.2) is 18.1 Å². The third-order valence-electron chi connectivity index (χ3n) is 3.65. The predicted molar refractivity (Wildman–Crippen MR) is 113 cm³/mol. The van der Waals surface area contributed by atoms with Crippen LogP contribution < -0.4 is 15.4 Å². The number of hydrogen-bond acceptors (Lipinski definition) is 3. The summed E-state index contributed by atoms with van der Waals surface area (Å²) in [6.07, 6.45) is 0. The molecule has 0 bridgehead atoms. The Hall–Kier alpha value is -2.19. The molecule has 1 amide bonds. The number of benzene rings is 3. The zero-order chi connectivity index (χ0) is 17.8. The van der Waals surface area contributed by atoms with Crippen LogP contribution in [0.1, 0.15) is 10.4 Å². The Bertz CT molecular complexity index is 959. The van der Waals surface area contributed by atoms with Crippen molar-refractivity contribution in [1.82, 2.24) is 5.32 Å². The fraction of sp³-hybridized carbons (Fsp3) is 0.0526. The molecule has 6 heteroatoms. The lowest BCUT2D eigenvalue weighted by Crippen LogP contribution is -2.34. The number of amides is 1. The lowest BCUT2D eigenvalue weighted by Gasteiger charge is -2.11. The number of anilines is 1. The van der Waals surface area contributed by atoms with E-state index in [1.165, 1.54) is 0 Å². The van der Waals surface area contributed by atoms with Crippen molar-refractivity contribution in [2.45, 2.75) is 0 Å². The Morgan fingerprint density at radius 2 is 1.80 bits per heavy atom. The summed E-state index contributed by atoms with van der Waals surface area (Å²) in [5, 5.41) is 8.25. The van der Waals surface area contributed by atoms with Gasteiger partial charge in [0.2, 0.25) is 0 Å². The fourth-order valence-corrected chi connectivity index (χ4v) is 3.36. The lowest BCUT2D eigenvalue weighted by atomic mass is 10.1. The van der Waals surface area contributed by atoms with Gasteiger partial charge in [-0.1, -0.05) is 30.3 Å². The topological polar surface area (TPSA) is 50.4 Å². The van der Waals surface area contributed by atoms with E-state index in [0.29, 0.717) is 5.56 Å². The minimum absolute atomic E-state index is 0.256. The van der Waals surface area contributed by atoms with E-state index in [9.17, 15) is 4.79 Å². The van der Waals surface area contributed by atoms with Gasteiger partial charge in [0.1, 0.15) is 5.75 Å². The largest absolute Gasteiger partial charge is 0.496 e. The predicted octanol–water partition coefficient (Wildman–Crippen LogP) is 4.58. The van der Waals surface area contributed by atoms with Crippen LogP contribution in [0.15, 0.2) is 60.7 Å². The normalized spacial score (nSPS) is 10.3. The lowest BCUT2D eigenvalue weighted by molar-refractivity contribution is 0.0977. The molecule has 3 rings (SSSR count). The maximum atomic E-state index is 12.3. The Labute approximate surface area is 164 Å². The van der Waals surface area contributed by atoms with Crippen molar-refractivity contribution in [2.24, 2.45) is 0 Å². The Morgan fingerprint density at radius 1 is 1.04 bits per heavy atom. The molecule has 4 nitrogen and oxygen atoms in total. The number of methoxy groups -OCH3 is 1. The number of nitrogens with one attached hydrogen (secondary N) is 2. The molecule has 0 unspecified atom stereocenters. The molecule has 0 aromatic heterocycles. The summed E-state index contributed by atoms with van der Waals surface area (Å²) in [4.78, 5) is 12.3. The van der Waals surface area contributed by atoms with Crippen LogP contribution in [-0.2, 0) is 0 Å². The van der Waals surface area contributed by atoms with Gasteiger partial charge in [-0.15, -0.1) is 0 Å². The number of rotatable bonds is 3. The van der Waals surface area contributed by atoms with Gasteiger partial charge in [-0.05, 0) is 75.9 Å². The Kier molecular flexibility index (Phi) is 5.50. The number of carbonyl (C=O) groups excluding carboxylic acids is 1. The molecule has 0 radical (unpaired) electrons. The minimum atomic E-state index is -0.265. The van der Waals surface area contributed by atoms with Crippen molar-refractivity contribution < 1.29 is 9.53 Å². The highest BCUT2D eigenvalue weighted by atomic mass is 127. The van der Waals surface area contributed by atoms with Crippen LogP contribution in [0.25, 0.3) is 10.8 Å². The number of halogens is 1. The maximum Gasteiger partial charge on any atom is 0.257 e. The first kappa shape index (κ1) is 17.6. The van der Waals surface area contributed by atoms with Gasteiger partial charge in [-0.25, -0.2) is 0 Å². The van der Waals surface area contributed by atoms with Crippen LogP contribution in [0.2, 0.25) is 0 Å². The van der Waals surface area contributed by atoms with E-state index in [0.717, 1.165) is 25.8 Å². The van der Waals surface area contributed by atoms with E-state index in [2.05, 4.69) is 33.2 Å². The zero-order valence-corrected chi connectivity index (χ0v) is 16.4. The molecule has 3 aromatic carbocycles. The van der Waals surface area contributed by atoms with Gasteiger partial charge in [-0.2, -0.15) is 0 Å². The smallest absolute Gasteiger partial charge is 0.257 e. The summed E-state index contributed by atoms with van der Waals surface area (Å²) in [6, 6.07) is 19.2. The summed E-state index contributed by atoms with van der Waals surface area (Å²) in [6.45, 7) is 0. The third-order valence-corrected chi connectivity index (χ3v) is 4.70. The standard InChI is InChI=1S/C19H15IN2O2S/c1-24-17-9-7-14(11-16(17)20)18(23)22-19(25)21-15-8-6-12-4-2-3-5-13(12)10-15/h2-11H,1H3,(H2,21,22,23,25). The second kappa shape index (κ2) is 7.79. The molecule has 0 spiro atoms. The van der Waals surface area contributed by atoms with E-state index in [-0.39, 0.29) is 11.0 Å². The summed E-state index contributed by atoms with van der Waals surface area (Å²) in [5.41, 5.74) is 1.35. The van der Waals surface area contributed by atoms with Crippen molar-refractivity contribution in [2.75, 3.05) is 12.4 Å². The molecule has 3 aromatic rings. The van der Waals surface area contributed by atoms with Gasteiger partial charge >= 0.3 is 0 Å². The zero-order valence-electron chi connectivity index (χ0n) is 13.4. The molecule has 0 heterocycles. The number of ether oxygens (including phenoxy) is 1. The molecular weight excluding hydrogens is 447 g/mol. The molecule has 0 aliphatic heterocycles. The van der Waals surface area contributed by atoms with E-state index < -0.39 is 0 Å². The first-order valence-electron chi connectivity index (χ1n) is 7.51. The van der Waals surface area contributed by atoms with Crippen LogP contribution in [0.5, 0.6) is 5.75 Å². The number of thiocarbonyl (C=S) groups is 1. The summed E-state index contributed by atoms with van der Waals surface area (Å²) < 4.78 is 6.06. The van der Waals surface area contributed by atoms with Gasteiger partial charge < -0.3 is 10.1 Å². The van der Waals surface area contributed by atoms with E-state index in [1.807, 2.05) is 42.5 Å². The SMILES string of the molecule is COc1ccc(C(=O)NC(=S)Nc2ccc3ccccc3c2)cc1I. The first-order valence-corrected chi connectivity index (χ1v) is 9.00. The van der Waals surface area contributed by atoms with Gasteiger partial charge in [0.15, 0.2) is 5.11 Å². The first-order chi connectivity index (χ1) is 12.1. The van der Waals surface area contributed by atoms with Gasteiger partial charge in [-0.3, -0.25) is 10.1 Å². The van der Waals surface area contributed by atoms with Crippen LogP contribution in [0.3, 0.4) is 0 Å². The van der Waals surface area contributed by atoms with Crippen molar-refractivity contribution in [3.8, 4) is 5.75 Å². The number of fused-ring (bicyclic) bond motifs is 1. The molecule has 0 aliphatic carbocycles. The molecule has 0 atom stereocenters. The third kappa shape index (κ3) is 4.26. The second-order valence-corrected chi connectivity index (χ2v) is 6.89. The molecule has 0 fully saturated rings. The van der Waals surface area contributed by atoms with Crippen molar-refractivity contribution >= 4 is 62.3 Å². The average molecular weight is 462 g/mol. The minimum Gasteiger partial charge on any atom is -0.496 e. The Balaban J connectivity index is 1.68. The monoisotopic (exact) mass is 462 g/mol. The number of hydrogen-bond donors (Lipinski definition) is 2. The second-order valence-electron chi connectivity index (χ2n) is 5.32. The molecule has 25 heavy (non-hydrogen) atoms. The summed E-state index contributed by atoms with van der Waals surface area (Å²) in [7, 11) is 1.60. The number of carbonyl (C=O) groups is 1. The quantitative estimate of drug-likeness (QED) is 0.442. The molecule has 0 saturated heterocycles. The highest BCUT2D eigenvalue weighted by Gasteiger charge is 2.10. The summed E-state index contributed by atoms with van der Waals surface area (Å²) in [5.74, 6) is 0.466. The van der Waals surface area contributed by atoms with E-state index in [4.69, 9.17) is 17.0 Å². The highest BCUT2D eigenvalue weighted by Crippen LogP contribution is 2.22. The van der Waals surface area contributed by atoms with Crippen molar-refractivity contribution in [3.63, 3.8) is 0 Å². The highest BCUT2D eigenvalue weighted by molar-refractivity contribution is 14.1.